The molecule has 0 fully saturated rings. The summed E-state index contributed by atoms with van der Waals surface area (Å²) in [6.45, 7) is 0. The average Bonchev–Trinajstić information content (AvgIpc) is 2.33. The fourth-order valence-corrected chi connectivity index (χ4v) is 5.33. The molecule has 0 amide bonds. The summed E-state index contributed by atoms with van der Waals surface area (Å²) in [5.41, 5.74) is 0. The monoisotopic (exact) mass is 250 g/mol. The Balaban J connectivity index is 2.95. The van der Waals surface area contributed by atoms with E-state index in [1.165, 1.54) is 8.52 Å². The second-order valence-corrected chi connectivity index (χ2v) is 6.25. The Morgan fingerprint density at radius 3 is 3.11 bits per heavy atom. The molecule has 2 aromatic rings. The van der Waals surface area contributed by atoms with Crippen molar-refractivity contribution in [2.24, 2.45) is 0 Å². The number of nitrogens with zero attached hydrogens (tertiary/aromatic N) is 1. The van der Waals surface area contributed by atoms with Gasteiger partial charge in [0.05, 0.1) is 0 Å². The van der Waals surface area contributed by atoms with Crippen molar-refractivity contribution in [3.05, 3.63) is 24.3 Å². The molecule has 0 aliphatic carbocycles. The second kappa shape index (κ2) is 2.35. The van der Waals surface area contributed by atoms with Crippen LogP contribution in [0.2, 0.25) is 0 Å². The first-order chi connectivity index (χ1) is 4.47. The summed E-state index contributed by atoms with van der Waals surface area (Å²) in [6, 6.07) is 8.57. The van der Waals surface area contributed by atoms with Gasteiger partial charge in [0.2, 0.25) is 0 Å². The Bertz CT molecular complexity index is 285. The molecular formula is C6H4NSe2+. The summed E-state index contributed by atoms with van der Waals surface area (Å²) in [5, 5.41) is 0. The zero-order valence-electron chi connectivity index (χ0n) is 4.57. The molecule has 0 aliphatic heterocycles. The first kappa shape index (κ1) is 5.81. The number of rotatable bonds is 0. The van der Waals surface area contributed by atoms with Gasteiger partial charge in [-0.25, -0.2) is 0 Å². The standard InChI is InChI=1S/C6H4NSe2/c1-2-4-6-5(3-1)8-7-9-6/h1-4H/q+1. The van der Waals surface area contributed by atoms with Crippen LogP contribution < -0.4 is 0 Å². The van der Waals surface area contributed by atoms with Crippen LogP contribution in [0, 0.1) is 0 Å². The number of fused-ring (bicyclic) bond motifs is 1. The second-order valence-electron chi connectivity index (χ2n) is 1.70. The zero-order chi connectivity index (χ0) is 6.10. The minimum absolute atomic E-state index is 0.455. The van der Waals surface area contributed by atoms with Crippen LogP contribution in [0.4, 0.5) is 0 Å². The molecule has 0 atom stereocenters. The molecule has 1 aromatic carbocycles. The molecule has 2 rings (SSSR count). The Morgan fingerprint density at radius 1 is 1.33 bits per heavy atom. The molecular weight excluding hydrogens is 244 g/mol. The quantitative estimate of drug-likeness (QED) is 0.623. The first-order valence-corrected chi connectivity index (χ1v) is 5.85. The first-order valence-electron chi connectivity index (χ1n) is 2.60. The van der Waals surface area contributed by atoms with Crippen molar-refractivity contribution in [3.63, 3.8) is 0 Å². The molecule has 0 saturated carbocycles. The van der Waals surface area contributed by atoms with E-state index in [1.807, 2.05) is 0 Å². The van der Waals surface area contributed by atoms with Gasteiger partial charge in [-0.15, -0.1) is 0 Å². The summed E-state index contributed by atoms with van der Waals surface area (Å²) >= 11 is 0.910. The topological polar surface area (TPSA) is 12.9 Å². The third-order valence-corrected chi connectivity index (χ3v) is 6.03. The van der Waals surface area contributed by atoms with E-state index in [1.54, 1.807) is 0 Å². The molecule has 1 nitrogen and oxygen atoms in total. The number of aromatic nitrogens is 1. The van der Waals surface area contributed by atoms with Crippen molar-refractivity contribution >= 4 is 38.0 Å². The summed E-state index contributed by atoms with van der Waals surface area (Å²) in [4.78, 5) is 0. The molecule has 1 aromatic heterocycles. The summed E-state index contributed by atoms with van der Waals surface area (Å²) < 4.78 is 7.36. The molecule has 0 aliphatic rings. The van der Waals surface area contributed by atoms with Crippen molar-refractivity contribution in [1.82, 2.24) is 2.97 Å². The third-order valence-electron chi connectivity index (χ3n) is 1.12. The fourth-order valence-electron chi connectivity index (χ4n) is 0.700. The SMILES string of the molecule is c1ccc2[se+]n[se]c2c1. The van der Waals surface area contributed by atoms with Crippen molar-refractivity contribution in [2.75, 3.05) is 0 Å². The molecule has 3 heteroatoms. The van der Waals surface area contributed by atoms with Gasteiger partial charge in [-0.05, 0) is 0 Å². The van der Waals surface area contributed by atoms with E-state index in [4.69, 9.17) is 0 Å². The van der Waals surface area contributed by atoms with E-state index in [9.17, 15) is 0 Å². The van der Waals surface area contributed by atoms with E-state index in [2.05, 4.69) is 27.2 Å². The molecule has 44 valence electrons. The molecule has 0 spiro atoms. The summed E-state index contributed by atoms with van der Waals surface area (Å²) in [7, 11) is 0. The molecule has 0 radical (unpaired) electrons. The minimum atomic E-state index is 0.455. The van der Waals surface area contributed by atoms with Gasteiger partial charge >= 0.3 is 65.2 Å². The van der Waals surface area contributed by atoms with Gasteiger partial charge < -0.3 is 0 Å². The van der Waals surface area contributed by atoms with Crippen LogP contribution in [-0.2, 0) is 0 Å². The van der Waals surface area contributed by atoms with E-state index in [0.29, 0.717) is 29.5 Å². The molecule has 9 heavy (non-hydrogen) atoms. The van der Waals surface area contributed by atoms with E-state index < -0.39 is 0 Å². The van der Waals surface area contributed by atoms with Crippen LogP contribution in [0.1, 0.15) is 0 Å². The van der Waals surface area contributed by atoms with Crippen LogP contribution in [0.5, 0.6) is 0 Å². The Morgan fingerprint density at radius 2 is 2.22 bits per heavy atom. The van der Waals surface area contributed by atoms with Crippen LogP contribution >= 0.6 is 0 Å². The van der Waals surface area contributed by atoms with Crippen LogP contribution in [0.3, 0.4) is 0 Å². The van der Waals surface area contributed by atoms with Crippen molar-refractivity contribution in [1.29, 1.82) is 0 Å². The van der Waals surface area contributed by atoms with Crippen molar-refractivity contribution in [3.8, 4) is 0 Å². The van der Waals surface area contributed by atoms with Gasteiger partial charge in [-0.3, -0.25) is 0 Å². The maximum absolute atomic E-state index is 4.38. The molecule has 0 saturated heterocycles. The van der Waals surface area contributed by atoms with E-state index in [-0.39, 0.29) is 0 Å². The van der Waals surface area contributed by atoms with Gasteiger partial charge in [0.15, 0.2) is 0 Å². The fraction of sp³-hybridized carbons (Fsp3) is 0. The molecule has 0 N–H and O–H groups in total. The summed E-state index contributed by atoms with van der Waals surface area (Å²) in [6.07, 6.45) is 0. The zero-order valence-corrected chi connectivity index (χ0v) is 8.00. The third kappa shape index (κ3) is 1.02. The predicted octanol–water partition coefficient (Wildman–Crippen LogP) is 0.630. The Kier molecular flexibility index (Phi) is 1.52. The Hall–Kier alpha value is 0.0590. The summed E-state index contributed by atoms with van der Waals surface area (Å²) in [5.74, 6) is 0. The van der Waals surface area contributed by atoms with Crippen LogP contribution in [-0.4, -0.2) is 32.4 Å². The molecule has 1 heterocycles. The van der Waals surface area contributed by atoms with Gasteiger partial charge in [0.25, 0.3) is 0 Å². The molecule has 0 unspecified atom stereocenters. The number of benzene rings is 1. The predicted molar refractivity (Wildman–Crippen MR) is 40.0 cm³/mol. The van der Waals surface area contributed by atoms with Crippen LogP contribution in [0.25, 0.3) is 8.52 Å². The maximum atomic E-state index is 4.38. The normalized spacial score (nSPS) is 10.2. The van der Waals surface area contributed by atoms with Gasteiger partial charge in [-0.2, -0.15) is 0 Å². The Labute approximate surface area is 65.3 Å². The number of hydrogen-bond acceptors (Lipinski definition) is 1. The van der Waals surface area contributed by atoms with Gasteiger partial charge in [-0.1, -0.05) is 0 Å². The van der Waals surface area contributed by atoms with Gasteiger partial charge in [0.1, 0.15) is 0 Å². The van der Waals surface area contributed by atoms with Gasteiger partial charge in [0, 0.05) is 0 Å². The van der Waals surface area contributed by atoms with E-state index >= 15 is 0 Å². The number of hydrogen-bond donors (Lipinski definition) is 0. The van der Waals surface area contributed by atoms with Crippen LogP contribution in [0.15, 0.2) is 24.3 Å². The van der Waals surface area contributed by atoms with Crippen molar-refractivity contribution in [2.45, 2.75) is 0 Å². The van der Waals surface area contributed by atoms with Crippen molar-refractivity contribution < 1.29 is 0 Å². The molecule has 0 bridgehead atoms. The average molecular weight is 248 g/mol. The van der Waals surface area contributed by atoms with E-state index in [0.717, 1.165) is 0 Å².